The van der Waals surface area contributed by atoms with Gasteiger partial charge < -0.3 is 14.6 Å². The molecule has 1 N–H and O–H groups in total. The van der Waals surface area contributed by atoms with Crippen molar-refractivity contribution in [1.82, 2.24) is 0 Å². The number of methoxy groups -OCH3 is 2. The number of aliphatic hydroxyl groups is 1. The highest BCUT2D eigenvalue weighted by Crippen LogP contribution is 2.30. The summed E-state index contributed by atoms with van der Waals surface area (Å²) in [5.41, 5.74) is 0.962. The molecule has 3 heteroatoms. The highest BCUT2D eigenvalue weighted by Gasteiger charge is 2.07. The molecular weight excluding hydrogens is 168 g/mol. The zero-order valence-electron chi connectivity index (χ0n) is 7.91. The molecule has 1 aromatic carbocycles. The molecule has 72 valence electrons. The average molecular weight is 182 g/mol. The second-order valence-corrected chi connectivity index (χ2v) is 2.63. The van der Waals surface area contributed by atoms with E-state index in [1.54, 1.807) is 14.2 Å². The number of rotatable bonds is 4. The number of para-hydroxylation sites is 1. The van der Waals surface area contributed by atoms with E-state index in [4.69, 9.17) is 14.6 Å². The van der Waals surface area contributed by atoms with E-state index < -0.39 is 0 Å². The summed E-state index contributed by atoms with van der Waals surface area (Å²) in [6.45, 7) is 0.115. The van der Waals surface area contributed by atoms with Crippen molar-refractivity contribution in [2.75, 3.05) is 20.8 Å². The van der Waals surface area contributed by atoms with Crippen molar-refractivity contribution in [2.24, 2.45) is 0 Å². The van der Waals surface area contributed by atoms with Crippen molar-refractivity contribution in [1.29, 1.82) is 0 Å². The van der Waals surface area contributed by atoms with Gasteiger partial charge in [0.15, 0.2) is 11.5 Å². The first-order chi connectivity index (χ1) is 6.33. The van der Waals surface area contributed by atoms with E-state index >= 15 is 0 Å². The Morgan fingerprint density at radius 2 is 2.00 bits per heavy atom. The molecule has 0 amide bonds. The zero-order chi connectivity index (χ0) is 9.68. The molecule has 0 fully saturated rings. The zero-order valence-corrected chi connectivity index (χ0v) is 7.91. The third kappa shape index (κ3) is 2.12. The van der Waals surface area contributed by atoms with E-state index in [-0.39, 0.29) is 6.61 Å². The normalized spacial score (nSPS) is 9.77. The first-order valence-corrected chi connectivity index (χ1v) is 4.14. The first-order valence-electron chi connectivity index (χ1n) is 4.14. The third-order valence-electron chi connectivity index (χ3n) is 1.87. The Balaban J connectivity index is 3.03. The van der Waals surface area contributed by atoms with E-state index in [0.29, 0.717) is 17.9 Å². The lowest BCUT2D eigenvalue weighted by Crippen LogP contribution is -1.98. The Morgan fingerprint density at radius 1 is 1.23 bits per heavy atom. The van der Waals surface area contributed by atoms with E-state index in [1.807, 2.05) is 18.2 Å². The standard InChI is InChI=1S/C10H14O3/c1-12-9-5-3-4-8(6-7-11)10(9)13-2/h3-5,11H,6-7H2,1-2H3. The number of hydrogen-bond donors (Lipinski definition) is 1. The van der Waals surface area contributed by atoms with Crippen molar-refractivity contribution in [3.63, 3.8) is 0 Å². The maximum atomic E-state index is 8.81. The molecule has 0 aliphatic carbocycles. The molecule has 0 spiro atoms. The summed E-state index contributed by atoms with van der Waals surface area (Å²) in [5, 5.41) is 8.81. The summed E-state index contributed by atoms with van der Waals surface area (Å²) in [4.78, 5) is 0. The maximum absolute atomic E-state index is 8.81. The summed E-state index contributed by atoms with van der Waals surface area (Å²) < 4.78 is 10.3. The van der Waals surface area contributed by atoms with E-state index in [9.17, 15) is 0 Å². The van der Waals surface area contributed by atoms with Gasteiger partial charge in [0.1, 0.15) is 0 Å². The van der Waals surface area contributed by atoms with Gasteiger partial charge >= 0.3 is 0 Å². The molecule has 0 atom stereocenters. The van der Waals surface area contributed by atoms with Crippen molar-refractivity contribution in [2.45, 2.75) is 6.42 Å². The molecule has 0 aliphatic heterocycles. The number of benzene rings is 1. The molecule has 1 rings (SSSR count). The highest BCUT2D eigenvalue weighted by atomic mass is 16.5. The van der Waals surface area contributed by atoms with Crippen LogP contribution in [0, 0.1) is 0 Å². The van der Waals surface area contributed by atoms with Crippen LogP contribution in [0.3, 0.4) is 0 Å². The molecular formula is C10H14O3. The average Bonchev–Trinajstić information content (AvgIpc) is 2.18. The Hall–Kier alpha value is -1.22. The van der Waals surface area contributed by atoms with Crippen LogP contribution in [0.15, 0.2) is 18.2 Å². The summed E-state index contributed by atoms with van der Waals surface area (Å²) in [5.74, 6) is 1.41. The van der Waals surface area contributed by atoms with Crippen LogP contribution in [0.2, 0.25) is 0 Å². The molecule has 13 heavy (non-hydrogen) atoms. The number of aliphatic hydroxyl groups excluding tert-OH is 1. The Labute approximate surface area is 77.9 Å². The van der Waals surface area contributed by atoms with Gasteiger partial charge in [-0.15, -0.1) is 0 Å². The largest absolute Gasteiger partial charge is 0.493 e. The molecule has 0 saturated carbocycles. The van der Waals surface area contributed by atoms with Crippen LogP contribution >= 0.6 is 0 Å². The Kier molecular flexibility index (Phi) is 3.58. The number of hydrogen-bond acceptors (Lipinski definition) is 3. The van der Waals surface area contributed by atoms with Gasteiger partial charge in [-0.1, -0.05) is 12.1 Å². The molecule has 0 heterocycles. The molecule has 0 radical (unpaired) electrons. The summed E-state index contributed by atoms with van der Waals surface area (Å²) in [6.07, 6.45) is 0.584. The fourth-order valence-corrected chi connectivity index (χ4v) is 1.27. The molecule has 0 aliphatic rings. The van der Waals surface area contributed by atoms with Crippen LogP contribution in [0.1, 0.15) is 5.56 Å². The fraction of sp³-hybridized carbons (Fsp3) is 0.400. The fourth-order valence-electron chi connectivity index (χ4n) is 1.27. The van der Waals surface area contributed by atoms with Crippen LogP contribution in [-0.2, 0) is 6.42 Å². The minimum absolute atomic E-state index is 0.115. The second-order valence-electron chi connectivity index (χ2n) is 2.63. The molecule has 0 saturated heterocycles. The van der Waals surface area contributed by atoms with Crippen molar-refractivity contribution in [3.05, 3.63) is 23.8 Å². The van der Waals surface area contributed by atoms with Gasteiger partial charge in [0.2, 0.25) is 0 Å². The van der Waals surface area contributed by atoms with Gasteiger partial charge in [-0.25, -0.2) is 0 Å². The monoisotopic (exact) mass is 182 g/mol. The predicted molar refractivity (Wildman–Crippen MR) is 50.3 cm³/mol. The van der Waals surface area contributed by atoms with E-state index in [0.717, 1.165) is 5.56 Å². The smallest absolute Gasteiger partial charge is 0.163 e. The molecule has 0 bridgehead atoms. The Bertz CT molecular complexity index is 271. The van der Waals surface area contributed by atoms with Crippen molar-refractivity contribution in [3.8, 4) is 11.5 Å². The van der Waals surface area contributed by atoms with Crippen LogP contribution in [-0.4, -0.2) is 25.9 Å². The Morgan fingerprint density at radius 3 is 2.54 bits per heavy atom. The second kappa shape index (κ2) is 4.72. The molecule has 3 nitrogen and oxygen atoms in total. The minimum atomic E-state index is 0.115. The first kappa shape index (κ1) is 9.86. The van der Waals surface area contributed by atoms with Gasteiger partial charge in [0.25, 0.3) is 0 Å². The quantitative estimate of drug-likeness (QED) is 0.761. The maximum Gasteiger partial charge on any atom is 0.163 e. The van der Waals surface area contributed by atoms with Gasteiger partial charge in [-0.3, -0.25) is 0 Å². The van der Waals surface area contributed by atoms with Crippen LogP contribution in [0.5, 0.6) is 11.5 Å². The molecule has 1 aromatic rings. The van der Waals surface area contributed by atoms with Crippen molar-refractivity contribution >= 4 is 0 Å². The summed E-state index contributed by atoms with van der Waals surface area (Å²) in [7, 11) is 3.19. The van der Waals surface area contributed by atoms with Gasteiger partial charge in [-0.2, -0.15) is 0 Å². The van der Waals surface area contributed by atoms with Crippen LogP contribution < -0.4 is 9.47 Å². The van der Waals surface area contributed by atoms with E-state index in [1.165, 1.54) is 0 Å². The lowest BCUT2D eigenvalue weighted by atomic mass is 10.1. The third-order valence-corrected chi connectivity index (χ3v) is 1.87. The predicted octanol–water partition coefficient (Wildman–Crippen LogP) is 1.24. The SMILES string of the molecule is COc1cccc(CCO)c1OC. The molecule has 0 unspecified atom stereocenters. The highest BCUT2D eigenvalue weighted by molar-refractivity contribution is 5.46. The van der Waals surface area contributed by atoms with Crippen LogP contribution in [0.25, 0.3) is 0 Å². The number of ether oxygens (including phenoxy) is 2. The van der Waals surface area contributed by atoms with Crippen molar-refractivity contribution < 1.29 is 14.6 Å². The summed E-state index contributed by atoms with van der Waals surface area (Å²) in [6, 6.07) is 5.63. The lowest BCUT2D eigenvalue weighted by Gasteiger charge is -2.11. The summed E-state index contributed by atoms with van der Waals surface area (Å²) >= 11 is 0. The van der Waals surface area contributed by atoms with Gasteiger partial charge in [-0.05, 0) is 12.5 Å². The topological polar surface area (TPSA) is 38.7 Å². The lowest BCUT2D eigenvalue weighted by molar-refractivity contribution is 0.294. The van der Waals surface area contributed by atoms with Gasteiger partial charge in [0.05, 0.1) is 14.2 Å². The molecule has 0 aromatic heterocycles. The van der Waals surface area contributed by atoms with Crippen LogP contribution in [0.4, 0.5) is 0 Å². The van der Waals surface area contributed by atoms with E-state index in [2.05, 4.69) is 0 Å². The minimum Gasteiger partial charge on any atom is -0.493 e. The van der Waals surface area contributed by atoms with Gasteiger partial charge in [0, 0.05) is 12.2 Å².